The van der Waals surface area contributed by atoms with E-state index in [4.69, 9.17) is 4.84 Å². The molecule has 1 saturated heterocycles. The molecular weight excluding hydrogens is 378 g/mol. The number of oxime groups is 1. The fraction of sp³-hybridized carbons (Fsp3) is 0.217. The first kappa shape index (κ1) is 19.6. The van der Waals surface area contributed by atoms with E-state index >= 15 is 0 Å². The molecule has 30 heavy (non-hydrogen) atoms. The summed E-state index contributed by atoms with van der Waals surface area (Å²) in [5, 5.41) is 6.96. The van der Waals surface area contributed by atoms with Gasteiger partial charge in [-0.2, -0.15) is 0 Å². The van der Waals surface area contributed by atoms with Crippen LogP contribution in [0.25, 0.3) is 11.1 Å². The second-order valence-corrected chi connectivity index (χ2v) is 6.96. The van der Waals surface area contributed by atoms with E-state index in [0.29, 0.717) is 0 Å². The number of hydrogen-bond donors (Lipinski definition) is 1. The minimum absolute atomic E-state index is 0.116. The number of nitrogens with one attached hydrogen (secondary N) is 1. The van der Waals surface area contributed by atoms with E-state index in [9.17, 15) is 4.79 Å². The van der Waals surface area contributed by atoms with E-state index in [0.717, 1.165) is 54.4 Å². The highest BCUT2D eigenvalue weighted by Gasteiger charge is 2.17. The van der Waals surface area contributed by atoms with Gasteiger partial charge in [0.15, 0.2) is 6.61 Å². The van der Waals surface area contributed by atoms with Crippen molar-refractivity contribution in [2.75, 3.05) is 29.9 Å². The third-order valence-corrected chi connectivity index (χ3v) is 4.84. The Morgan fingerprint density at radius 2 is 1.60 bits per heavy atom. The molecule has 0 saturated carbocycles. The van der Waals surface area contributed by atoms with Crippen LogP contribution in [-0.2, 0) is 9.63 Å². The number of carbonyl (C=O) groups is 1. The molecule has 0 aliphatic carbocycles. The molecule has 4 rings (SSSR count). The minimum Gasteiger partial charge on any atom is -0.386 e. The lowest BCUT2D eigenvalue weighted by Gasteiger charge is -2.27. The molecule has 7 nitrogen and oxygen atoms in total. The quantitative estimate of drug-likeness (QED) is 0.636. The maximum Gasteiger partial charge on any atom is 0.265 e. The molecule has 0 atom stereocenters. The Balaban J connectivity index is 1.22. The van der Waals surface area contributed by atoms with Gasteiger partial charge in [0.05, 0.1) is 5.71 Å². The van der Waals surface area contributed by atoms with Gasteiger partial charge < -0.3 is 15.1 Å². The van der Waals surface area contributed by atoms with Crippen LogP contribution < -0.4 is 10.2 Å². The highest BCUT2D eigenvalue weighted by Crippen LogP contribution is 2.21. The molecule has 1 amide bonds. The number of carbonyl (C=O) groups excluding carboxylic acids is 1. The van der Waals surface area contributed by atoms with E-state index in [1.165, 1.54) is 0 Å². The number of amides is 1. The molecule has 3 aromatic rings. The molecule has 1 aromatic heterocycles. The van der Waals surface area contributed by atoms with Crippen molar-refractivity contribution >= 4 is 23.3 Å². The summed E-state index contributed by atoms with van der Waals surface area (Å²) in [7, 11) is 0. The molecule has 2 aromatic carbocycles. The number of benzene rings is 2. The third kappa shape index (κ3) is 5.20. The molecule has 1 N–H and O–H groups in total. The highest BCUT2D eigenvalue weighted by atomic mass is 16.6. The fourth-order valence-electron chi connectivity index (χ4n) is 3.27. The number of anilines is 2. The topological polar surface area (TPSA) is 79.7 Å². The van der Waals surface area contributed by atoms with Gasteiger partial charge in [-0.05, 0) is 29.3 Å². The fourth-order valence-corrected chi connectivity index (χ4v) is 3.27. The predicted octanol–water partition coefficient (Wildman–Crippen LogP) is 3.76. The van der Waals surface area contributed by atoms with Crippen molar-refractivity contribution in [3.63, 3.8) is 0 Å². The summed E-state index contributed by atoms with van der Waals surface area (Å²) in [6.07, 6.45) is 5.01. The molecule has 1 aliphatic heterocycles. The number of nitrogens with zero attached hydrogens (tertiary/aromatic N) is 4. The lowest BCUT2D eigenvalue weighted by molar-refractivity contribution is -0.120. The summed E-state index contributed by atoms with van der Waals surface area (Å²) in [5.41, 5.74) is 3.91. The van der Waals surface area contributed by atoms with Gasteiger partial charge in [-0.3, -0.25) is 4.79 Å². The molecular formula is C23H23N5O2. The van der Waals surface area contributed by atoms with Crippen LogP contribution in [0.2, 0.25) is 0 Å². The lowest BCUT2D eigenvalue weighted by atomic mass is 10.1. The second kappa shape index (κ2) is 9.65. The Hall–Kier alpha value is -3.74. The molecule has 1 fully saturated rings. The van der Waals surface area contributed by atoms with Crippen molar-refractivity contribution in [3.8, 4) is 11.1 Å². The van der Waals surface area contributed by atoms with E-state index < -0.39 is 0 Å². The number of piperidine rings is 1. The minimum atomic E-state index is -0.234. The van der Waals surface area contributed by atoms with E-state index in [-0.39, 0.29) is 12.5 Å². The van der Waals surface area contributed by atoms with Crippen LogP contribution in [0.5, 0.6) is 0 Å². The van der Waals surface area contributed by atoms with Gasteiger partial charge in [0.25, 0.3) is 5.91 Å². The first-order valence-corrected chi connectivity index (χ1v) is 9.93. The van der Waals surface area contributed by atoms with Gasteiger partial charge in [0.1, 0.15) is 0 Å². The van der Waals surface area contributed by atoms with E-state index in [1.807, 2.05) is 42.5 Å². The Labute approximate surface area is 175 Å². The maximum absolute atomic E-state index is 12.1. The Bertz CT molecular complexity index is 981. The zero-order valence-corrected chi connectivity index (χ0v) is 16.6. The molecule has 0 unspecified atom stereocenters. The zero-order valence-electron chi connectivity index (χ0n) is 16.6. The van der Waals surface area contributed by atoms with Gasteiger partial charge in [-0.25, -0.2) is 9.97 Å². The molecule has 0 bridgehead atoms. The van der Waals surface area contributed by atoms with Crippen molar-refractivity contribution in [1.29, 1.82) is 0 Å². The summed E-state index contributed by atoms with van der Waals surface area (Å²) >= 11 is 0. The van der Waals surface area contributed by atoms with Gasteiger partial charge in [-0.15, -0.1) is 0 Å². The van der Waals surface area contributed by atoms with Crippen LogP contribution in [0.3, 0.4) is 0 Å². The number of aromatic nitrogens is 2. The van der Waals surface area contributed by atoms with E-state index in [2.05, 4.69) is 37.5 Å². The average molecular weight is 401 g/mol. The standard InChI is InChI=1S/C23H23N5O2/c29-22(26-20-9-7-19(8-10-20)18-5-2-1-3-6-18)17-30-27-21-11-15-28(16-12-21)23-24-13-4-14-25-23/h1-10,13-14H,11-12,15-17H2,(H,26,29). The van der Waals surface area contributed by atoms with Crippen molar-refractivity contribution in [1.82, 2.24) is 9.97 Å². The van der Waals surface area contributed by atoms with Crippen molar-refractivity contribution in [3.05, 3.63) is 73.1 Å². The van der Waals surface area contributed by atoms with Crippen LogP contribution in [-0.4, -0.2) is 41.3 Å². The molecule has 2 heterocycles. The zero-order chi connectivity index (χ0) is 20.6. The first-order chi connectivity index (χ1) is 14.8. The summed E-state index contributed by atoms with van der Waals surface area (Å²) in [6, 6.07) is 19.6. The van der Waals surface area contributed by atoms with Crippen LogP contribution in [0.4, 0.5) is 11.6 Å². The van der Waals surface area contributed by atoms with Crippen LogP contribution in [0, 0.1) is 0 Å². The molecule has 0 radical (unpaired) electrons. The highest BCUT2D eigenvalue weighted by molar-refractivity contribution is 5.92. The SMILES string of the molecule is O=C(CON=C1CCN(c2ncccn2)CC1)Nc1ccc(-c2ccccc2)cc1. The summed E-state index contributed by atoms with van der Waals surface area (Å²) in [6.45, 7) is 1.45. The molecule has 7 heteroatoms. The van der Waals surface area contributed by atoms with Gasteiger partial charge in [0.2, 0.25) is 5.95 Å². The smallest absolute Gasteiger partial charge is 0.265 e. The maximum atomic E-state index is 12.1. The normalized spacial score (nSPS) is 13.6. The molecule has 1 aliphatic rings. The van der Waals surface area contributed by atoms with Gasteiger partial charge in [0, 0.05) is 44.0 Å². The van der Waals surface area contributed by atoms with Crippen molar-refractivity contribution < 1.29 is 9.63 Å². The van der Waals surface area contributed by atoms with Crippen LogP contribution in [0.15, 0.2) is 78.2 Å². The summed E-state index contributed by atoms with van der Waals surface area (Å²) < 4.78 is 0. The Morgan fingerprint density at radius 1 is 0.933 bits per heavy atom. The predicted molar refractivity (Wildman–Crippen MR) is 117 cm³/mol. The van der Waals surface area contributed by atoms with E-state index in [1.54, 1.807) is 18.5 Å². The van der Waals surface area contributed by atoms with Crippen LogP contribution in [0.1, 0.15) is 12.8 Å². The van der Waals surface area contributed by atoms with Gasteiger partial charge in [-0.1, -0.05) is 47.6 Å². The first-order valence-electron chi connectivity index (χ1n) is 9.93. The summed E-state index contributed by atoms with van der Waals surface area (Å²) in [5.74, 6) is 0.497. The van der Waals surface area contributed by atoms with Gasteiger partial charge >= 0.3 is 0 Å². The largest absolute Gasteiger partial charge is 0.386 e. The van der Waals surface area contributed by atoms with Crippen LogP contribution >= 0.6 is 0 Å². The number of hydrogen-bond acceptors (Lipinski definition) is 6. The second-order valence-electron chi connectivity index (χ2n) is 6.96. The lowest BCUT2D eigenvalue weighted by Crippen LogP contribution is -2.35. The molecule has 152 valence electrons. The third-order valence-electron chi connectivity index (χ3n) is 4.84. The Morgan fingerprint density at radius 3 is 2.30 bits per heavy atom. The van der Waals surface area contributed by atoms with Crippen molar-refractivity contribution in [2.45, 2.75) is 12.8 Å². The average Bonchev–Trinajstić information content (AvgIpc) is 2.81. The monoisotopic (exact) mass is 401 g/mol. The number of rotatable bonds is 6. The molecule has 0 spiro atoms. The summed E-state index contributed by atoms with van der Waals surface area (Å²) in [4.78, 5) is 28.0. The van der Waals surface area contributed by atoms with Crippen molar-refractivity contribution in [2.24, 2.45) is 5.16 Å². The Kier molecular flexibility index (Phi) is 6.29.